The molecule has 1 atom stereocenters. The van der Waals surface area contributed by atoms with Crippen molar-refractivity contribution in [1.29, 1.82) is 0 Å². The van der Waals surface area contributed by atoms with Crippen LogP contribution < -0.4 is 5.73 Å². The lowest BCUT2D eigenvalue weighted by Crippen LogP contribution is -2.34. The number of aromatic nitrogens is 2. The molecule has 1 aliphatic rings. The predicted octanol–water partition coefficient (Wildman–Crippen LogP) is 1.97. The number of nitrogens with zero attached hydrogens (tertiary/aromatic N) is 3. The molecule has 0 spiro atoms. The first-order valence-corrected chi connectivity index (χ1v) is 7.10. The van der Waals surface area contributed by atoms with E-state index >= 15 is 0 Å². The normalized spacial score (nSPS) is 19.6. The lowest BCUT2D eigenvalue weighted by Gasteiger charge is -2.20. The molecule has 1 fully saturated rings. The minimum Gasteiger partial charge on any atom is -0.419 e. The first kappa shape index (κ1) is 13.3. The van der Waals surface area contributed by atoms with Gasteiger partial charge < -0.3 is 10.2 Å². The lowest BCUT2D eigenvalue weighted by atomic mass is 10.1. The maximum absolute atomic E-state index is 5.78. The van der Waals surface area contributed by atoms with Crippen LogP contribution in [-0.2, 0) is 6.54 Å². The molecule has 1 aromatic heterocycles. The van der Waals surface area contributed by atoms with Crippen LogP contribution in [0, 0.1) is 6.92 Å². The summed E-state index contributed by atoms with van der Waals surface area (Å²) in [5.41, 5.74) is 7.96. The molecule has 2 aromatic rings. The Labute approximate surface area is 118 Å². The molecule has 0 radical (unpaired) electrons. The fourth-order valence-electron chi connectivity index (χ4n) is 2.67. The summed E-state index contributed by atoms with van der Waals surface area (Å²) in [6, 6.07) is 8.55. The van der Waals surface area contributed by atoms with Gasteiger partial charge in [-0.15, -0.1) is 10.2 Å². The van der Waals surface area contributed by atoms with Gasteiger partial charge in [0.2, 0.25) is 11.8 Å². The summed E-state index contributed by atoms with van der Waals surface area (Å²) in [5.74, 6) is 1.25. The number of nitrogens with two attached hydrogens (primary N) is 1. The minimum absolute atomic E-state index is 0.449. The van der Waals surface area contributed by atoms with Crippen molar-refractivity contribution in [2.45, 2.75) is 32.4 Å². The van der Waals surface area contributed by atoms with Gasteiger partial charge >= 0.3 is 0 Å². The van der Waals surface area contributed by atoms with Crippen LogP contribution in [0.4, 0.5) is 0 Å². The maximum atomic E-state index is 5.78. The van der Waals surface area contributed by atoms with E-state index in [1.54, 1.807) is 0 Å². The molecular weight excluding hydrogens is 252 g/mol. The SMILES string of the molecule is Cc1ccc(-c2nnc(CN3CCCC3CN)o2)cc1. The van der Waals surface area contributed by atoms with E-state index in [4.69, 9.17) is 10.2 Å². The number of hydrogen-bond donors (Lipinski definition) is 1. The van der Waals surface area contributed by atoms with E-state index in [2.05, 4.69) is 22.0 Å². The largest absolute Gasteiger partial charge is 0.419 e. The lowest BCUT2D eigenvalue weighted by molar-refractivity contribution is 0.226. The molecule has 20 heavy (non-hydrogen) atoms. The van der Waals surface area contributed by atoms with Crippen molar-refractivity contribution in [3.05, 3.63) is 35.7 Å². The van der Waals surface area contributed by atoms with Crippen LogP contribution in [0.3, 0.4) is 0 Å². The van der Waals surface area contributed by atoms with Crippen molar-refractivity contribution in [3.63, 3.8) is 0 Å². The molecule has 3 rings (SSSR count). The Balaban J connectivity index is 1.72. The zero-order valence-corrected chi connectivity index (χ0v) is 11.7. The van der Waals surface area contributed by atoms with Crippen molar-refractivity contribution in [2.24, 2.45) is 5.73 Å². The minimum atomic E-state index is 0.449. The van der Waals surface area contributed by atoms with Crippen LogP contribution in [0.15, 0.2) is 28.7 Å². The molecule has 0 saturated carbocycles. The molecule has 1 saturated heterocycles. The smallest absolute Gasteiger partial charge is 0.247 e. The zero-order chi connectivity index (χ0) is 13.9. The van der Waals surface area contributed by atoms with Gasteiger partial charge in [0.15, 0.2) is 0 Å². The van der Waals surface area contributed by atoms with Crippen LogP contribution in [0.2, 0.25) is 0 Å². The van der Waals surface area contributed by atoms with E-state index in [-0.39, 0.29) is 0 Å². The monoisotopic (exact) mass is 272 g/mol. The van der Waals surface area contributed by atoms with Crippen LogP contribution in [0.1, 0.15) is 24.3 Å². The first-order valence-electron chi connectivity index (χ1n) is 7.10. The fraction of sp³-hybridized carbons (Fsp3) is 0.467. The summed E-state index contributed by atoms with van der Waals surface area (Å²) in [5, 5.41) is 8.28. The van der Waals surface area contributed by atoms with Crippen molar-refractivity contribution < 1.29 is 4.42 Å². The average molecular weight is 272 g/mol. The summed E-state index contributed by atoms with van der Waals surface area (Å²) in [6.45, 7) is 4.51. The Bertz CT molecular complexity index is 564. The Morgan fingerprint density at radius 2 is 2.10 bits per heavy atom. The molecule has 0 aliphatic carbocycles. The third-order valence-electron chi connectivity index (χ3n) is 3.87. The first-order chi connectivity index (χ1) is 9.76. The molecule has 0 bridgehead atoms. The van der Waals surface area contributed by atoms with Crippen molar-refractivity contribution >= 4 is 0 Å². The Morgan fingerprint density at radius 3 is 2.85 bits per heavy atom. The van der Waals surface area contributed by atoms with E-state index in [0.29, 0.717) is 30.9 Å². The fourth-order valence-corrected chi connectivity index (χ4v) is 2.67. The summed E-state index contributed by atoms with van der Waals surface area (Å²) < 4.78 is 5.76. The summed E-state index contributed by atoms with van der Waals surface area (Å²) in [6.07, 6.45) is 2.36. The Hall–Kier alpha value is -1.72. The van der Waals surface area contributed by atoms with Gasteiger partial charge in [0.05, 0.1) is 6.54 Å². The number of rotatable bonds is 4. The van der Waals surface area contributed by atoms with Crippen LogP contribution in [-0.4, -0.2) is 34.2 Å². The third kappa shape index (κ3) is 2.73. The zero-order valence-electron chi connectivity index (χ0n) is 11.7. The highest BCUT2D eigenvalue weighted by Crippen LogP contribution is 2.22. The van der Waals surface area contributed by atoms with Gasteiger partial charge in [0.25, 0.3) is 0 Å². The Kier molecular flexibility index (Phi) is 3.80. The second kappa shape index (κ2) is 5.73. The van der Waals surface area contributed by atoms with Gasteiger partial charge in [-0.3, -0.25) is 4.90 Å². The second-order valence-corrected chi connectivity index (χ2v) is 5.37. The average Bonchev–Trinajstić information content (AvgIpc) is 3.09. The van der Waals surface area contributed by atoms with Gasteiger partial charge in [-0.25, -0.2) is 0 Å². The topological polar surface area (TPSA) is 68.2 Å². The number of aryl methyl sites for hydroxylation is 1. The van der Waals surface area contributed by atoms with E-state index in [9.17, 15) is 0 Å². The molecule has 0 amide bonds. The third-order valence-corrected chi connectivity index (χ3v) is 3.87. The van der Waals surface area contributed by atoms with Gasteiger partial charge in [0.1, 0.15) is 0 Å². The van der Waals surface area contributed by atoms with Gasteiger partial charge in [-0.1, -0.05) is 17.7 Å². The van der Waals surface area contributed by atoms with Gasteiger partial charge in [-0.2, -0.15) is 0 Å². The van der Waals surface area contributed by atoms with E-state index < -0.39 is 0 Å². The summed E-state index contributed by atoms with van der Waals surface area (Å²) in [4.78, 5) is 2.33. The van der Waals surface area contributed by atoms with E-state index in [1.165, 1.54) is 12.0 Å². The predicted molar refractivity (Wildman–Crippen MR) is 77.0 cm³/mol. The standard InChI is InChI=1S/C15H20N4O/c1-11-4-6-12(7-5-11)15-18-17-14(20-15)10-19-8-2-3-13(19)9-16/h4-7,13H,2-3,8-10,16H2,1H3. The highest BCUT2D eigenvalue weighted by molar-refractivity contribution is 5.52. The molecule has 5 nitrogen and oxygen atoms in total. The van der Waals surface area contributed by atoms with Gasteiger partial charge in [-0.05, 0) is 38.4 Å². The molecule has 1 aromatic carbocycles. The van der Waals surface area contributed by atoms with Gasteiger partial charge in [0, 0.05) is 18.2 Å². The molecule has 106 valence electrons. The van der Waals surface area contributed by atoms with Crippen LogP contribution >= 0.6 is 0 Å². The van der Waals surface area contributed by atoms with E-state index in [1.807, 2.05) is 24.3 Å². The second-order valence-electron chi connectivity index (χ2n) is 5.37. The molecule has 5 heteroatoms. The van der Waals surface area contributed by atoms with Crippen LogP contribution in [0.25, 0.3) is 11.5 Å². The van der Waals surface area contributed by atoms with Crippen LogP contribution in [0.5, 0.6) is 0 Å². The Morgan fingerprint density at radius 1 is 1.30 bits per heavy atom. The highest BCUT2D eigenvalue weighted by atomic mass is 16.4. The maximum Gasteiger partial charge on any atom is 0.247 e. The molecule has 1 unspecified atom stereocenters. The number of likely N-dealkylation sites (tertiary alicyclic amines) is 1. The summed E-state index contributed by atoms with van der Waals surface area (Å²) >= 11 is 0. The number of hydrogen-bond acceptors (Lipinski definition) is 5. The van der Waals surface area contributed by atoms with Crippen molar-refractivity contribution in [1.82, 2.24) is 15.1 Å². The summed E-state index contributed by atoms with van der Waals surface area (Å²) in [7, 11) is 0. The quantitative estimate of drug-likeness (QED) is 0.921. The number of benzene rings is 1. The molecule has 1 aliphatic heterocycles. The van der Waals surface area contributed by atoms with E-state index in [0.717, 1.165) is 18.5 Å². The van der Waals surface area contributed by atoms with Crippen molar-refractivity contribution in [3.8, 4) is 11.5 Å². The highest BCUT2D eigenvalue weighted by Gasteiger charge is 2.24. The molecular formula is C15H20N4O. The molecule has 2 N–H and O–H groups in total. The molecule has 2 heterocycles. The van der Waals surface area contributed by atoms with Crippen molar-refractivity contribution in [2.75, 3.05) is 13.1 Å².